The summed E-state index contributed by atoms with van der Waals surface area (Å²) in [5.74, 6) is -0.949. The van der Waals surface area contributed by atoms with E-state index in [2.05, 4.69) is 5.10 Å². The van der Waals surface area contributed by atoms with Gasteiger partial charge in [0, 0.05) is 17.5 Å². The fourth-order valence-corrected chi connectivity index (χ4v) is 4.08. The van der Waals surface area contributed by atoms with Gasteiger partial charge in [0.05, 0.1) is 5.39 Å². The van der Waals surface area contributed by atoms with E-state index in [4.69, 9.17) is 4.74 Å². The second-order valence-electron chi connectivity index (χ2n) is 8.02. The molecule has 0 aliphatic heterocycles. The lowest BCUT2D eigenvalue weighted by Crippen LogP contribution is -2.29. The van der Waals surface area contributed by atoms with Crippen LogP contribution < -0.4 is 5.56 Å². The van der Waals surface area contributed by atoms with E-state index >= 15 is 0 Å². The first kappa shape index (κ1) is 21.0. The maximum Gasteiger partial charge on any atom is 0.360 e. The molecule has 3 aromatic rings. The highest BCUT2D eigenvalue weighted by atomic mass is 16.5. The zero-order chi connectivity index (χ0) is 22.0. The van der Waals surface area contributed by atoms with Gasteiger partial charge in [-0.1, -0.05) is 43.7 Å². The van der Waals surface area contributed by atoms with E-state index < -0.39 is 12.1 Å². The molecule has 6 nitrogen and oxygen atoms in total. The normalized spacial score (nSPS) is 13.7. The summed E-state index contributed by atoms with van der Waals surface area (Å²) in [6, 6.07) is 12.6. The number of benzene rings is 2. The molecule has 6 heteroatoms. The van der Waals surface area contributed by atoms with Crippen molar-refractivity contribution in [3.8, 4) is 0 Å². The van der Waals surface area contributed by atoms with Gasteiger partial charge in [0.1, 0.15) is 0 Å². The standard InChI is InChI=1S/C25H26N2O4/c1-3-4-14-27-24(29)21-11-6-5-10-20(21)22(26-27)25(30)31-16(2)23(28)19-13-12-17-8-7-9-18(17)15-19/h5-6,10-13,15-16H,3-4,7-9,14H2,1-2H3. The van der Waals surface area contributed by atoms with Gasteiger partial charge in [-0.15, -0.1) is 0 Å². The Bertz CT molecular complexity index is 1210. The van der Waals surface area contributed by atoms with E-state index in [0.29, 0.717) is 22.9 Å². The Hall–Kier alpha value is -3.28. The fourth-order valence-electron chi connectivity index (χ4n) is 4.08. The van der Waals surface area contributed by atoms with Crippen LogP contribution in [0.2, 0.25) is 0 Å². The topological polar surface area (TPSA) is 78.3 Å². The molecule has 1 aliphatic rings. The average molecular weight is 418 g/mol. The van der Waals surface area contributed by atoms with Gasteiger partial charge in [-0.05, 0) is 55.9 Å². The van der Waals surface area contributed by atoms with Crippen molar-refractivity contribution in [3.05, 3.63) is 75.2 Å². The van der Waals surface area contributed by atoms with Gasteiger partial charge in [0.2, 0.25) is 5.78 Å². The van der Waals surface area contributed by atoms with Crippen molar-refractivity contribution < 1.29 is 14.3 Å². The van der Waals surface area contributed by atoms with E-state index in [0.717, 1.165) is 32.1 Å². The molecular weight excluding hydrogens is 392 g/mol. The molecule has 2 aromatic carbocycles. The molecule has 1 aliphatic carbocycles. The van der Waals surface area contributed by atoms with Crippen LogP contribution in [-0.4, -0.2) is 27.6 Å². The highest BCUT2D eigenvalue weighted by Gasteiger charge is 2.25. The Morgan fingerprint density at radius 3 is 2.61 bits per heavy atom. The zero-order valence-electron chi connectivity index (χ0n) is 17.9. The number of esters is 1. The molecule has 0 radical (unpaired) electrons. The van der Waals surface area contributed by atoms with Gasteiger partial charge in [0.15, 0.2) is 11.8 Å². The molecule has 0 spiro atoms. The molecule has 1 heterocycles. The number of nitrogens with zero attached hydrogens (tertiary/aromatic N) is 2. The average Bonchev–Trinajstić information content (AvgIpc) is 3.26. The third kappa shape index (κ3) is 4.15. The van der Waals surface area contributed by atoms with Crippen molar-refractivity contribution in [3.63, 3.8) is 0 Å². The molecule has 1 aromatic heterocycles. The largest absolute Gasteiger partial charge is 0.449 e. The number of Topliss-reactive ketones (excluding diaryl/α,β-unsaturated/α-hetero) is 1. The van der Waals surface area contributed by atoms with E-state index in [1.165, 1.54) is 15.8 Å². The first-order chi connectivity index (χ1) is 15.0. The van der Waals surface area contributed by atoms with Crippen molar-refractivity contribution in [2.24, 2.45) is 0 Å². The van der Waals surface area contributed by atoms with E-state index in [-0.39, 0.29) is 17.0 Å². The predicted molar refractivity (Wildman–Crippen MR) is 119 cm³/mol. The molecule has 4 rings (SSSR count). The lowest BCUT2D eigenvalue weighted by Gasteiger charge is -2.15. The molecule has 0 saturated heterocycles. The summed E-state index contributed by atoms with van der Waals surface area (Å²) in [7, 11) is 0. The predicted octanol–water partition coefficient (Wildman–Crippen LogP) is 4.11. The molecule has 0 fully saturated rings. The Kier molecular flexibility index (Phi) is 5.98. The van der Waals surface area contributed by atoms with Crippen molar-refractivity contribution >= 4 is 22.5 Å². The highest BCUT2D eigenvalue weighted by Crippen LogP contribution is 2.24. The van der Waals surface area contributed by atoms with Gasteiger partial charge < -0.3 is 4.74 Å². The molecule has 31 heavy (non-hydrogen) atoms. The van der Waals surface area contributed by atoms with Crippen LogP contribution in [0.15, 0.2) is 47.3 Å². The molecule has 1 unspecified atom stereocenters. The van der Waals surface area contributed by atoms with Crippen molar-refractivity contribution in [2.75, 3.05) is 0 Å². The summed E-state index contributed by atoms with van der Waals surface area (Å²) in [5, 5.41) is 5.14. The SMILES string of the molecule is CCCCn1nc(C(=O)OC(C)C(=O)c2ccc3c(c2)CCC3)c2ccccc2c1=O. The van der Waals surface area contributed by atoms with Crippen LogP contribution in [0, 0.1) is 0 Å². The van der Waals surface area contributed by atoms with Gasteiger partial charge >= 0.3 is 5.97 Å². The number of hydrogen-bond donors (Lipinski definition) is 0. The first-order valence-electron chi connectivity index (χ1n) is 10.9. The number of hydrogen-bond acceptors (Lipinski definition) is 5. The van der Waals surface area contributed by atoms with Crippen molar-refractivity contribution in [1.29, 1.82) is 0 Å². The van der Waals surface area contributed by atoms with Crippen LogP contribution in [0.1, 0.15) is 65.1 Å². The molecule has 0 N–H and O–H groups in total. The van der Waals surface area contributed by atoms with Crippen LogP contribution in [-0.2, 0) is 24.1 Å². The fraction of sp³-hybridized carbons (Fsp3) is 0.360. The minimum Gasteiger partial charge on any atom is -0.449 e. The molecule has 160 valence electrons. The zero-order valence-corrected chi connectivity index (χ0v) is 17.9. The van der Waals surface area contributed by atoms with Crippen molar-refractivity contribution in [2.45, 2.75) is 58.6 Å². The summed E-state index contributed by atoms with van der Waals surface area (Å²) in [6.07, 6.45) is 3.83. The second-order valence-corrected chi connectivity index (χ2v) is 8.02. The quantitative estimate of drug-likeness (QED) is 0.426. The van der Waals surface area contributed by atoms with Gasteiger partial charge in [0.25, 0.3) is 5.56 Å². The summed E-state index contributed by atoms with van der Waals surface area (Å²) in [4.78, 5) is 38.6. The maximum atomic E-state index is 13.0. The first-order valence-corrected chi connectivity index (χ1v) is 10.9. The number of aromatic nitrogens is 2. The number of ketones is 1. The molecule has 0 bridgehead atoms. The van der Waals surface area contributed by atoms with Crippen LogP contribution in [0.25, 0.3) is 10.8 Å². The van der Waals surface area contributed by atoms with Crippen molar-refractivity contribution in [1.82, 2.24) is 9.78 Å². The van der Waals surface area contributed by atoms with Gasteiger partial charge in [-0.2, -0.15) is 5.10 Å². The third-order valence-corrected chi connectivity index (χ3v) is 5.82. The number of ether oxygens (including phenoxy) is 1. The minimum absolute atomic E-state index is 0.0555. The number of rotatable bonds is 7. The molecule has 1 atom stereocenters. The summed E-state index contributed by atoms with van der Waals surface area (Å²) in [6.45, 7) is 4.01. The van der Waals surface area contributed by atoms with Gasteiger partial charge in [-0.25, -0.2) is 9.48 Å². The van der Waals surface area contributed by atoms with E-state index in [1.54, 1.807) is 37.3 Å². The lowest BCUT2D eigenvalue weighted by molar-refractivity contribution is 0.0312. The maximum absolute atomic E-state index is 13.0. The highest BCUT2D eigenvalue weighted by molar-refractivity contribution is 6.05. The van der Waals surface area contributed by atoms with Crippen LogP contribution in [0.3, 0.4) is 0 Å². The smallest absolute Gasteiger partial charge is 0.360 e. The minimum atomic E-state index is -0.955. The summed E-state index contributed by atoms with van der Waals surface area (Å²) >= 11 is 0. The number of carbonyl (C=O) groups is 2. The molecule has 0 amide bonds. The summed E-state index contributed by atoms with van der Waals surface area (Å²) in [5.41, 5.74) is 2.85. The monoisotopic (exact) mass is 418 g/mol. The number of aryl methyl sites for hydroxylation is 3. The number of fused-ring (bicyclic) bond motifs is 2. The number of unbranched alkanes of at least 4 members (excludes halogenated alkanes) is 1. The Labute approximate surface area is 180 Å². The Balaban J connectivity index is 1.61. The van der Waals surface area contributed by atoms with Crippen LogP contribution >= 0.6 is 0 Å². The molecule has 0 saturated carbocycles. The van der Waals surface area contributed by atoms with Gasteiger partial charge in [-0.3, -0.25) is 9.59 Å². The van der Waals surface area contributed by atoms with Crippen LogP contribution in [0.5, 0.6) is 0 Å². The Morgan fingerprint density at radius 1 is 1.10 bits per heavy atom. The van der Waals surface area contributed by atoms with E-state index in [9.17, 15) is 14.4 Å². The second kappa shape index (κ2) is 8.84. The Morgan fingerprint density at radius 2 is 1.84 bits per heavy atom. The number of carbonyl (C=O) groups excluding carboxylic acids is 2. The molecular formula is C25H26N2O4. The summed E-state index contributed by atoms with van der Waals surface area (Å²) < 4.78 is 6.83. The third-order valence-electron chi connectivity index (χ3n) is 5.82. The van der Waals surface area contributed by atoms with E-state index in [1.807, 2.05) is 19.1 Å². The lowest BCUT2D eigenvalue weighted by atomic mass is 10.0. The van der Waals surface area contributed by atoms with Crippen LogP contribution in [0.4, 0.5) is 0 Å².